The fourth-order valence-electron chi connectivity index (χ4n) is 2.35. The maximum Gasteiger partial charge on any atom is 0.338 e. The van der Waals surface area contributed by atoms with E-state index in [4.69, 9.17) is 14.2 Å². The van der Waals surface area contributed by atoms with Gasteiger partial charge in [0.2, 0.25) is 0 Å². The van der Waals surface area contributed by atoms with Gasteiger partial charge in [0.05, 0.1) is 32.5 Å². The van der Waals surface area contributed by atoms with Crippen LogP contribution in [-0.4, -0.2) is 38.8 Å². The zero-order valence-electron chi connectivity index (χ0n) is 12.4. The lowest BCUT2D eigenvalue weighted by Gasteiger charge is -2.32. The second-order valence-electron chi connectivity index (χ2n) is 4.75. The van der Waals surface area contributed by atoms with Gasteiger partial charge >= 0.3 is 11.9 Å². The van der Waals surface area contributed by atoms with Gasteiger partial charge in [0.15, 0.2) is 5.54 Å². The van der Waals surface area contributed by atoms with Crippen molar-refractivity contribution in [3.05, 3.63) is 29.8 Å². The second kappa shape index (κ2) is 5.47. The fourth-order valence-corrected chi connectivity index (χ4v) is 2.35. The molecular formula is C15H17NO5. The molecule has 1 atom stereocenters. The summed E-state index contributed by atoms with van der Waals surface area (Å²) in [5, 5.41) is 3.07. The average Bonchev–Trinajstić information content (AvgIpc) is 2.51. The standard InChI is InChI=1S/C15H17NO5/c1-15(14(18)21-4)8-9(13(17)20-3)12-10(16-15)6-5-7-11(12)19-2/h5-8,16H,1-4H3. The Bertz CT molecular complexity index is 622. The van der Waals surface area contributed by atoms with Gasteiger partial charge in [-0.25, -0.2) is 9.59 Å². The van der Waals surface area contributed by atoms with Gasteiger partial charge in [-0.2, -0.15) is 0 Å². The number of esters is 2. The van der Waals surface area contributed by atoms with Crippen LogP contribution in [0.2, 0.25) is 0 Å². The fraction of sp³-hybridized carbons (Fsp3) is 0.333. The van der Waals surface area contributed by atoms with Gasteiger partial charge in [-0.15, -0.1) is 0 Å². The Hall–Kier alpha value is -2.50. The van der Waals surface area contributed by atoms with Crippen LogP contribution in [0.25, 0.3) is 5.57 Å². The molecule has 2 rings (SSSR count). The highest BCUT2D eigenvalue weighted by atomic mass is 16.5. The number of methoxy groups -OCH3 is 3. The molecule has 6 heteroatoms. The van der Waals surface area contributed by atoms with Crippen molar-refractivity contribution in [2.45, 2.75) is 12.5 Å². The number of carbonyl (C=O) groups is 2. The molecule has 6 nitrogen and oxygen atoms in total. The summed E-state index contributed by atoms with van der Waals surface area (Å²) in [7, 11) is 4.09. The van der Waals surface area contributed by atoms with Gasteiger partial charge in [-0.05, 0) is 25.1 Å². The minimum atomic E-state index is -1.16. The van der Waals surface area contributed by atoms with Crippen LogP contribution in [0.4, 0.5) is 5.69 Å². The molecule has 1 aromatic carbocycles. The quantitative estimate of drug-likeness (QED) is 0.853. The van der Waals surface area contributed by atoms with Crippen molar-refractivity contribution in [2.24, 2.45) is 0 Å². The molecule has 0 aliphatic carbocycles. The molecule has 0 amide bonds. The predicted molar refractivity (Wildman–Crippen MR) is 77.0 cm³/mol. The molecule has 0 radical (unpaired) electrons. The molecule has 0 fully saturated rings. The SMILES string of the molecule is COC(=O)C1=CC(C)(C(=O)OC)Nc2cccc(OC)c21. The number of hydrogen-bond donors (Lipinski definition) is 1. The van der Waals surface area contributed by atoms with E-state index in [9.17, 15) is 9.59 Å². The summed E-state index contributed by atoms with van der Waals surface area (Å²) >= 11 is 0. The molecule has 0 spiro atoms. The van der Waals surface area contributed by atoms with Gasteiger partial charge in [0, 0.05) is 5.69 Å². The van der Waals surface area contributed by atoms with Crippen LogP contribution in [0, 0.1) is 0 Å². The Morgan fingerprint density at radius 2 is 1.86 bits per heavy atom. The molecule has 1 N–H and O–H groups in total. The summed E-state index contributed by atoms with van der Waals surface area (Å²) in [6.45, 7) is 1.63. The van der Waals surface area contributed by atoms with E-state index in [-0.39, 0.29) is 5.57 Å². The van der Waals surface area contributed by atoms with Gasteiger partial charge < -0.3 is 19.5 Å². The summed E-state index contributed by atoms with van der Waals surface area (Å²) in [4.78, 5) is 24.1. The van der Waals surface area contributed by atoms with Crippen molar-refractivity contribution >= 4 is 23.2 Å². The van der Waals surface area contributed by atoms with Gasteiger partial charge in [0.25, 0.3) is 0 Å². The molecule has 0 aromatic heterocycles. The molecule has 112 valence electrons. The summed E-state index contributed by atoms with van der Waals surface area (Å²) in [6.07, 6.45) is 1.50. The van der Waals surface area contributed by atoms with Crippen molar-refractivity contribution in [3.63, 3.8) is 0 Å². The first-order chi connectivity index (χ1) is 9.96. The minimum Gasteiger partial charge on any atom is -0.496 e. The molecule has 21 heavy (non-hydrogen) atoms. The molecule has 1 heterocycles. The number of rotatable bonds is 3. The topological polar surface area (TPSA) is 73.9 Å². The molecule has 1 unspecified atom stereocenters. The van der Waals surface area contributed by atoms with Crippen LogP contribution >= 0.6 is 0 Å². The highest BCUT2D eigenvalue weighted by Crippen LogP contribution is 2.40. The van der Waals surface area contributed by atoms with Crippen LogP contribution in [-0.2, 0) is 19.1 Å². The first kappa shape index (κ1) is 14.9. The lowest BCUT2D eigenvalue weighted by Crippen LogP contribution is -2.45. The first-order valence-electron chi connectivity index (χ1n) is 6.32. The van der Waals surface area contributed by atoms with Gasteiger partial charge in [0.1, 0.15) is 5.75 Å². The van der Waals surface area contributed by atoms with E-state index in [1.807, 2.05) is 0 Å². The number of fused-ring (bicyclic) bond motifs is 1. The number of anilines is 1. The van der Waals surface area contributed by atoms with Gasteiger partial charge in [-0.3, -0.25) is 0 Å². The van der Waals surface area contributed by atoms with Crippen LogP contribution in [0.3, 0.4) is 0 Å². The molecule has 0 bridgehead atoms. The molecule has 1 aliphatic rings. The largest absolute Gasteiger partial charge is 0.496 e. The van der Waals surface area contributed by atoms with E-state index >= 15 is 0 Å². The Morgan fingerprint density at radius 1 is 1.14 bits per heavy atom. The number of benzene rings is 1. The number of hydrogen-bond acceptors (Lipinski definition) is 6. The van der Waals surface area contributed by atoms with Crippen molar-refractivity contribution in [1.29, 1.82) is 0 Å². The third-order valence-electron chi connectivity index (χ3n) is 3.36. The molecule has 1 aliphatic heterocycles. The summed E-state index contributed by atoms with van der Waals surface area (Å²) in [6, 6.07) is 5.26. The third-order valence-corrected chi connectivity index (χ3v) is 3.36. The van der Waals surface area contributed by atoms with Crippen LogP contribution in [0.15, 0.2) is 24.3 Å². The van der Waals surface area contributed by atoms with Crippen LogP contribution in [0.5, 0.6) is 5.75 Å². The van der Waals surface area contributed by atoms with Crippen LogP contribution < -0.4 is 10.1 Å². The van der Waals surface area contributed by atoms with Crippen molar-refractivity contribution in [1.82, 2.24) is 0 Å². The van der Waals surface area contributed by atoms with Crippen molar-refractivity contribution in [2.75, 3.05) is 26.6 Å². The zero-order valence-corrected chi connectivity index (χ0v) is 12.4. The maximum atomic E-state index is 12.1. The summed E-state index contributed by atoms with van der Waals surface area (Å²) < 4.78 is 14.9. The van der Waals surface area contributed by atoms with Gasteiger partial charge in [-0.1, -0.05) is 6.07 Å². The summed E-state index contributed by atoms with van der Waals surface area (Å²) in [5.41, 5.74) is 0.271. The highest BCUT2D eigenvalue weighted by Gasteiger charge is 2.39. The Morgan fingerprint density at radius 3 is 2.43 bits per heavy atom. The first-order valence-corrected chi connectivity index (χ1v) is 6.32. The van der Waals surface area contributed by atoms with E-state index in [0.29, 0.717) is 17.0 Å². The van der Waals surface area contributed by atoms with E-state index in [1.54, 1.807) is 25.1 Å². The minimum absolute atomic E-state index is 0.261. The molecule has 0 saturated carbocycles. The van der Waals surface area contributed by atoms with Crippen molar-refractivity contribution in [3.8, 4) is 5.75 Å². The van der Waals surface area contributed by atoms with Crippen molar-refractivity contribution < 1.29 is 23.8 Å². The lowest BCUT2D eigenvalue weighted by atomic mass is 9.88. The Kier molecular flexibility index (Phi) is 3.88. The maximum absolute atomic E-state index is 12.1. The average molecular weight is 291 g/mol. The number of nitrogens with one attached hydrogen (secondary N) is 1. The summed E-state index contributed by atoms with van der Waals surface area (Å²) in [5.74, 6) is -0.529. The van der Waals surface area contributed by atoms with E-state index in [2.05, 4.69) is 5.32 Å². The smallest absolute Gasteiger partial charge is 0.338 e. The molecular weight excluding hydrogens is 274 g/mol. The second-order valence-corrected chi connectivity index (χ2v) is 4.75. The Labute approximate surface area is 122 Å². The number of carbonyl (C=O) groups excluding carboxylic acids is 2. The molecule has 1 aromatic rings. The normalized spacial score (nSPS) is 19.7. The van der Waals surface area contributed by atoms with Crippen LogP contribution in [0.1, 0.15) is 12.5 Å². The highest BCUT2D eigenvalue weighted by molar-refractivity contribution is 6.21. The third kappa shape index (κ3) is 2.44. The zero-order chi connectivity index (χ0) is 15.6. The predicted octanol–water partition coefficient (Wildman–Crippen LogP) is 1.61. The van der Waals surface area contributed by atoms with E-state index in [1.165, 1.54) is 27.4 Å². The van der Waals surface area contributed by atoms with E-state index in [0.717, 1.165) is 0 Å². The van der Waals surface area contributed by atoms with E-state index < -0.39 is 17.5 Å². The number of ether oxygens (including phenoxy) is 3. The monoisotopic (exact) mass is 291 g/mol. The molecule has 0 saturated heterocycles. The Balaban J connectivity index is 2.66. The lowest BCUT2D eigenvalue weighted by molar-refractivity contribution is -0.143.